The van der Waals surface area contributed by atoms with Crippen LogP contribution in [0.5, 0.6) is 0 Å². The third-order valence-electron chi connectivity index (χ3n) is 5.98. The normalized spacial score (nSPS) is 13.6. The van der Waals surface area contributed by atoms with Gasteiger partial charge in [-0.2, -0.15) is 0 Å². The number of carbonyl (C=O) groups is 1. The number of carbonyl (C=O) groups excluding carboxylic acids is 1. The summed E-state index contributed by atoms with van der Waals surface area (Å²) in [5.74, 6) is 0.240. The highest BCUT2D eigenvalue weighted by atomic mass is 16.2. The Morgan fingerprint density at radius 2 is 1.40 bits per heavy atom. The molecule has 0 spiro atoms. The molecule has 3 rings (SSSR count). The number of hydrogen-bond donors (Lipinski definition) is 1. The van der Waals surface area contributed by atoms with Gasteiger partial charge in [-0.05, 0) is 56.6 Å². The number of fused-ring (bicyclic) bond motifs is 1. The van der Waals surface area contributed by atoms with Crippen molar-refractivity contribution in [3.8, 4) is 0 Å². The van der Waals surface area contributed by atoms with E-state index in [1.165, 1.54) is 5.56 Å². The topological polar surface area (TPSA) is 32.3 Å². The monoisotopic (exact) mass is 402 g/mol. The van der Waals surface area contributed by atoms with Crippen LogP contribution in [0.15, 0.2) is 66.7 Å². The second-order valence-corrected chi connectivity index (χ2v) is 8.62. The van der Waals surface area contributed by atoms with Crippen LogP contribution in [-0.4, -0.2) is 29.9 Å². The van der Waals surface area contributed by atoms with Gasteiger partial charge in [0, 0.05) is 24.0 Å². The number of hydrogen-bond acceptors (Lipinski definition) is 2. The number of nitrogens with one attached hydrogen (secondary N) is 1. The van der Waals surface area contributed by atoms with Crippen LogP contribution in [0.4, 0.5) is 0 Å². The van der Waals surface area contributed by atoms with Crippen LogP contribution in [0.1, 0.15) is 68.1 Å². The molecule has 0 heterocycles. The molecule has 0 unspecified atom stereocenters. The van der Waals surface area contributed by atoms with Crippen molar-refractivity contribution in [3.05, 3.63) is 83.4 Å². The molecule has 0 saturated carbocycles. The summed E-state index contributed by atoms with van der Waals surface area (Å²) in [4.78, 5) is 15.9. The van der Waals surface area contributed by atoms with Gasteiger partial charge in [-0.3, -0.25) is 4.79 Å². The van der Waals surface area contributed by atoms with Gasteiger partial charge in [-0.1, -0.05) is 73.7 Å². The van der Waals surface area contributed by atoms with Crippen LogP contribution in [-0.2, 0) is 0 Å². The summed E-state index contributed by atoms with van der Waals surface area (Å²) >= 11 is 0. The molecule has 3 nitrogen and oxygen atoms in total. The predicted molar refractivity (Wildman–Crippen MR) is 127 cm³/mol. The molecule has 0 fully saturated rings. The Bertz CT molecular complexity index is 986. The smallest absolute Gasteiger partial charge is 0.255 e. The van der Waals surface area contributed by atoms with Crippen molar-refractivity contribution in [2.75, 3.05) is 7.05 Å². The number of nitrogens with zero attached hydrogens (tertiary/aromatic N) is 1. The van der Waals surface area contributed by atoms with E-state index in [-0.39, 0.29) is 30.0 Å². The highest BCUT2D eigenvalue weighted by molar-refractivity contribution is 6.08. The van der Waals surface area contributed by atoms with Crippen molar-refractivity contribution in [1.29, 1.82) is 0 Å². The summed E-state index contributed by atoms with van der Waals surface area (Å²) in [5, 5.41) is 5.61. The van der Waals surface area contributed by atoms with E-state index in [9.17, 15) is 4.79 Å². The SMILES string of the molecule is CN[C@H](c1ccccc1)[C@@H](C)c1ccc2ccccc2c1C(=O)N(C(C)C)C(C)C. The first-order chi connectivity index (χ1) is 14.4. The fourth-order valence-electron chi connectivity index (χ4n) is 4.65. The summed E-state index contributed by atoms with van der Waals surface area (Å²) in [6, 6.07) is 23.4. The summed E-state index contributed by atoms with van der Waals surface area (Å²) in [6.07, 6.45) is 0. The van der Waals surface area contributed by atoms with E-state index in [0.717, 1.165) is 21.9 Å². The zero-order valence-corrected chi connectivity index (χ0v) is 19.0. The lowest BCUT2D eigenvalue weighted by Gasteiger charge is -2.33. The molecular weight excluding hydrogens is 368 g/mol. The largest absolute Gasteiger partial charge is 0.334 e. The van der Waals surface area contributed by atoms with Crippen molar-refractivity contribution in [3.63, 3.8) is 0 Å². The molecule has 0 radical (unpaired) electrons. The molecule has 158 valence electrons. The molecule has 0 aliphatic rings. The highest BCUT2D eigenvalue weighted by Gasteiger charge is 2.29. The van der Waals surface area contributed by atoms with Crippen LogP contribution in [0.2, 0.25) is 0 Å². The molecule has 0 aromatic heterocycles. The van der Waals surface area contributed by atoms with Gasteiger partial charge < -0.3 is 10.2 Å². The van der Waals surface area contributed by atoms with Crippen LogP contribution < -0.4 is 5.32 Å². The van der Waals surface area contributed by atoms with Crippen molar-refractivity contribution in [2.45, 2.75) is 58.7 Å². The van der Waals surface area contributed by atoms with Gasteiger partial charge in [0.15, 0.2) is 0 Å². The lowest BCUT2D eigenvalue weighted by atomic mass is 9.83. The molecule has 0 aliphatic carbocycles. The Kier molecular flexibility index (Phi) is 6.94. The number of amides is 1. The Balaban J connectivity index is 2.20. The molecule has 1 amide bonds. The summed E-state index contributed by atoms with van der Waals surface area (Å²) in [5.41, 5.74) is 3.15. The van der Waals surface area contributed by atoms with Crippen LogP contribution in [0.25, 0.3) is 10.8 Å². The standard InChI is InChI=1S/C27H34N2O/c1-18(2)29(19(3)4)27(30)25-23(17-16-21-12-10-11-15-24(21)25)20(5)26(28-6)22-13-8-7-9-14-22/h7-20,26,28H,1-6H3/t20-,26-/m0/s1. The maximum atomic E-state index is 13.9. The van der Waals surface area contributed by atoms with E-state index in [1.54, 1.807) is 0 Å². The second-order valence-electron chi connectivity index (χ2n) is 8.62. The van der Waals surface area contributed by atoms with Gasteiger partial charge >= 0.3 is 0 Å². The maximum absolute atomic E-state index is 13.9. The second kappa shape index (κ2) is 9.44. The number of likely N-dealkylation sites (N-methyl/N-ethyl adjacent to an activating group) is 1. The fourth-order valence-corrected chi connectivity index (χ4v) is 4.65. The Hall–Kier alpha value is -2.65. The molecule has 3 heteroatoms. The Morgan fingerprint density at radius 1 is 0.800 bits per heavy atom. The minimum absolute atomic E-state index is 0.113. The number of rotatable bonds is 7. The first kappa shape index (κ1) is 22.0. The molecule has 3 aromatic carbocycles. The molecule has 0 bridgehead atoms. The van der Waals surface area contributed by atoms with Gasteiger partial charge in [0.2, 0.25) is 0 Å². The van der Waals surface area contributed by atoms with Crippen molar-refractivity contribution in [2.24, 2.45) is 0 Å². The minimum Gasteiger partial charge on any atom is -0.334 e. The summed E-state index contributed by atoms with van der Waals surface area (Å²) < 4.78 is 0. The van der Waals surface area contributed by atoms with Gasteiger partial charge in [0.25, 0.3) is 5.91 Å². The van der Waals surface area contributed by atoms with E-state index < -0.39 is 0 Å². The Labute approximate surface area is 181 Å². The lowest BCUT2D eigenvalue weighted by molar-refractivity contribution is 0.0644. The van der Waals surface area contributed by atoms with E-state index in [0.29, 0.717) is 0 Å². The van der Waals surface area contributed by atoms with Gasteiger partial charge in [0.05, 0.1) is 5.56 Å². The zero-order chi connectivity index (χ0) is 21.8. The van der Waals surface area contributed by atoms with Crippen LogP contribution in [0, 0.1) is 0 Å². The summed E-state index contributed by atoms with van der Waals surface area (Å²) in [7, 11) is 1.99. The average Bonchev–Trinajstić information content (AvgIpc) is 2.73. The first-order valence-corrected chi connectivity index (χ1v) is 10.9. The molecule has 1 N–H and O–H groups in total. The molecule has 0 aliphatic heterocycles. The Morgan fingerprint density at radius 3 is 2.00 bits per heavy atom. The predicted octanol–water partition coefficient (Wildman–Crippen LogP) is 6.16. The van der Waals surface area contributed by atoms with E-state index in [2.05, 4.69) is 88.5 Å². The van der Waals surface area contributed by atoms with Crippen LogP contribution in [0.3, 0.4) is 0 Å². The van der Waals surface area contributed by atoms with Gasteiger partial charge in [-0.25, -0.2) is 0 Å². The molecule has 3 aromatic rings. The number of benzene rings is 3. The molecule has 0 saturated heterocycles. The van der Waals surface area contributed by atoms with E-state index in [1.807, 2.05) is 30.1 Å². The van der Waals surface area contributed by atoms with Crippen molar-refractivity contribution >= 4 is 16.7 Å². The van der Waals surface area contributed by atoms with Crippen molar-refractivity contribution in [1.82, 2.24) is 10.2 Å². The summed E-state index contributed by atoms with van der Waals surface area (Å²) in [6.45, 7) is 10.6. The fraction of sp³-hybridized carbons (Fsp3) is 0.370. The maximum Gasteiger partial charge on any atom is 0.255 e. The lowest BCUT2D eigenvalue weighted by Crippen LogP contribution is -2.42. The third-order valence-corrected chi connectivity index (χ3v) is 5.98. The first-order valence-electron chi connectivity index (χ1n) is 10.9. The third kappa shape index (κ3) is 4.27. The van der Waals surface area contributed by atoms with Gasteiger partial charge in [0.1, 0.15) is 0 Å². The quantitative estimate of drug-likeness (QED) is 0.513. The molecule has 30 heavy (non-hydrogen) atoms. The zero-order valence-electron chi connectivity index (χ0n) is 19.0. The van der Waals surface area contributed by atoms with E-state index in [4.69, 9.17) is 0 Å². The van der Waals surface area contributed by atoms with Crippen LogP contribution >= 0.6 is 0 Å². The van der Waals surface area contributed by atoms with Gasteiger partial charge in [-0.15, -0.1) is 0 Å². The minimum atomic E-state index is 0.113. The van der Waals surface area contributed by atoms with E-state index >= 15 is 0 Å². The highest BCUT2D eigenvalue weighted by Crippen LogP contribution is 2.36. The average molecular weight is 403 g/mol. The van der Waals surface area contributed by atoms with Crippen molar-refractivity contribution < 1.29 is 4.79 Å². The molecule has 2 atom stereocenters. The molecular formula is C27H34N2O.